The van der Waals surface area contributed by atoms with Crippen molar-refractivity contribution in [3.8, 4) is 0 Å². The Balaban J connectivity index is 2.92. The second-order valence-corrected chi connectivity index (χ2v) is 4.46. The second-order valence-electron chi connectivity index (χ2n) is 3.02. The minimum atomic E-state index is 0.557. The molecule has 4 heteroatoms. The van der Waals surface area contributed by atoms with E-state index in [0.717, 1.165) is 15.7 Å². The second kappa shape index (κ2) is 4.37. The number of rotatable bonds is 2. The molecule has 1 heterocycles. The molecule has 66 valence electrons. The molecular formula is C8H10ClIN2. The van der Waals surface area contributed by atoms with Gasteiger partial charge in [-0.2, -0.15) is 0 Å². The van der Waals surface area contributed by atoms with Gasteiger partial charge in [0.2, 0.25) is 0 Å². The summed E-state index contributed by atoms with van der Waals surface area (Å²) in [4.78, 5) is 8.07. The standard InChI is InChI=1S/C8H10ClIN2/c1-5(2)3-6-7(10)8(9)12-4-11-6/h4-5H,3H2,1-2H3. The van der Waals surface area contributed by atoms with Crippen LogP contribution in [0.5, 0.6) is 0 Å². The van der Waals surface area contributed by atoms with Crippen LogP contribution in [0.15, 0.2) is 6.33 Å². The van der Waals surface area contributed by atoms with Gasteiger partial charge in [-0.25, -0.2) is 9.97 Å². The van der Waals surface area contributed by atoms with Crippen LogP contribution in [0, 0.1) is 9.49 Å². The molecule has 1 aromatic rings. The molecule has 0 fully saturated rings. The summed E-state index contributed by atoms with van der Waals surface area (Å²) in [6.07, 6.45) is 2.47. The summed E-state index contributed by atoms with van der Waals surface area (Å²) in [5.74, 6) is 0.601. The predicted octanol–water partition coefficient (Wildman–Crippen LogP) is 2.93. The number of hydrogen-bond donors (Lipinski definition) is 0. The zero-order valence-electron chi connectivity index (χ0n) is 7.01. The van der Waals surface area contributed by atoms with Crippen LogP contribution < -0.4 is 0 Å². The Morgan fingerprint density at radius 2 is 2.17 bits per heavy atom. The van der Waals surface area contributed by atoms with Crippen molar-refractivity contribution in [2.24, 2.45) is 5.92 Å². The van der Waals surface area contributed by atoms with Gasteiger partial charge < -0.3 is 0 Å². The van der Waals surface area contributed by atoms with Crippen molar-refractivity contribution in [1.29, 1.82) is 0 Å². The van der Waals surface area contributed by atoms with Crippen LogP contribution in [0.3, 0.4) is 0 Å². The van der Waals surface area contributed by atoms with Crippen molar-refractivity contribution in [1.82, 2.24) is 9.97 Å². The van der Waals surface area contributed by atoms with Crippen LogP contribution in [-0.2, 0) is 6.42 Å². The number of aromatic nitrogens is 2. The Kier molecular flexibility index (Phi) is 3.71. The molecule has 0 saturated carbocycles. The van der Waals surface area contributed by atoms with Crippen LogP contribution in [0.2, 0.25) is 5.15 Å². The molecule has 0 aromatic carbocycles. The normalized spacial score (nSPS) is 10.8. The van der Waals surface area contributed by atoms with Gasteiger partial charge in [0, 0.05) is 0 Å². The summed E-state index contributed by atoms with van der Waals surface area (Å²) < 4.78 is 0.977. The van der Waals surface area contributed by atoms with Crippen molar-refractivity contribution in [2.75, 3.05) is 0 Å². The van der Waals surface area contributed by atoms with Gasteiger partial charge >= 0.3 is 0 Å². The van der Waals surface area contributed by atoms with Crippen LogP contribution in [-0.4, -0.2) is 9.97 Å². The lowest BCUT2D eigenvalue weighted by molar-refractivity contribution is 0.631. The van der Waals surface area contributed by atoms with E-state index < -0.39 is 0 Å². The fourth-order valence-electron chi connectivity index (χ4n) is 0.911. The monoisotopic (exact) mass is 296 g/mol. The fraction of sp³-hybridized carbons (Fsp3) is 0.500. The van der Waals surface area contributed by atoms with E-state index in [4.69, 9.17) is 11.6 Å². The van der Waals surface area contributed by atoms with Crippen molar-refractivity contribution in [3.05, 3.63) is 20.7 Å². The SMILES string of the molecule is CC(C)Cc1ncnc(Cl)c1I. The highest BCUT2D eigenvalue weighted by Gasteiger charge is 2.07. The zero-order chi connectivity index (χ0) is 9.14. The third kappa shape index (κ3) is 2.55. The van der Waals surface area contributed by atoms with Gasteiger partial charge in [-0.05, 0) is 34.9 Å². The first-order valence-corrected chi connectivity index (χ1v) is 5.21. The summed E-state index contributed by atoms with van der Waals surface area (Å²) in [6.45, 7) is 4.32. The van der Waals surface area contributed by atoms with E-state index in [1.165, 1.54) is 6.33 Å². The largest absolute Gasteiger partial charge is 0.240 e. The molecule has 1 rings (SSSR count). The first kappa shape index (κ1) is 10.2. The number of nitrogens with zero attached hydrogens (tertiary/aromatic N) is 2. The molecule has 0 unspecified atom stereocenters. The van der Waals surface area contributed by atoms with E-state index in [1.807, 2.05) is 0 Å². The van der Waals surface area contributed by atoms with E-state index in [9.17, 15) is 0 Å². The van der Waals surface area contributed by atoms with E-state index in [1.54, 1.807) is 0 Å². The lowest BCUT2D eigenvalue weighted by atomic mass is 10.1. The predicted molar refractivity (Wildman–Crippen MR) is 58.3 cm³/mol. The first-order valence-electron chi connectivity index (χ1n) is 3.76. The van der Waals surface area contributed by atoms with Gasteiger partial charge in [0.1, 0.15) is 11.5 Å². The van der Waals surface area contributed by atoms with Crippen LogP contribution in [0.25, 0.3) is 0 Å². The third-order valence-electron chi connectivity index (χ3n) is 1.42. The molecule has 1 aromatic heterocycles. The maximum Gasteiger partial charge on any atom is 0.146 e. The Morgan fingerprint density at radius 3 is 2.75 bits per heavy atom. The summed E-state index contributed by atoms with van der Waals surface area (Å²) in [5, 5.41) is 0.557. The van der Waals surface area contributed by atoms with Crippen LogP contribution in [0.1, 0.15) is 19.5 Å². The number of hydrogen-bond acceptors (Lipinski definition) is 2. The highest BCUT2D eigenvalue weighted by atomic mass is 127. The maximum atomic E-state index is 5.84. The minimum absolute atomic E-state index is 0.557. The average molecular weight is 297 g/mol. The Bertz CT molecular complexity index is 276. The molecule has 0 radical (unpaired) electrons. The third-order valence-corrected chi connectivity index (χ3v) is 3.16. The zero-order valence-corrected chi connectivity index (χ0v) is 9.93. The Morgan fingerprint density at radius 1 is 1.50 bits per heavy atom. The van der Waals surface area contributed by atoms with Crippen molar-refractivity contribution in [2.45, 2.75) is 20.3 Å². The summed E-state index contributed by atoms with van der Waals surface area (Å²) in [7, 11) is 0. The molecule has 0 amide bonds. The topological polar surface area (TPSA) is 25.8 Å². The molecule has 12 heavy (non-hydrogen) atoms. The molecular weight excluding hydrogens is 286 g/mol. The van der Waals surface area contributed by atoms with Gasteiger partial charge in [0.05, 0.1) is 9.26 Å². The van der Waals surface area contributed by atoms with Gasteiger partial charge in [0.25, 0.3) is 0 Å². The summed E-state index contributed by atoms with van der Waals surface area (Å²) in [6, 6.07) is 0. The van der Waals surface area contributed by atoms with Gasteiger partial charge in [0.15, 0.2) is 0 Å². The lowest BCUT2D eigenvalue weighted by Crippen LogP contribution is -2.01. The van der Waals surface area contributed by atoms with E-state index >= 15 is 0 Å². The van der Waals surface area contributed by atoms with Crippen LogP contribution >= 0.6 is 34.2 Å². The molecule has 0 saturated heterocycles. The summed E-state index contributed by atoms with van der Waals surface area (Å²) >= 11 is 8.02. The lowest BCUT2D eigenvalue weighted by Gasteiger charge is -2.05. The molecule has 2 nitrogen and oxygen atoms in total. The van der Waals surface area contributed by atoms with Gasteiger partial charge in [-0.15, -0.1) is 0 Å². The van der Waals surface area contributed by atoms with Crippen molar-refractivity contribution < 1.29 is 0 Å². The quantitative estimate of drug-likeness (QED) is 0.619. The molecule has 0 aliphatic heterocycles. The first-order chi connectivity index (χ1) is 5.61. The maximum absolute atomic E-state index is 5.84. The Hall–Kier alpha value is 0.100. The van der Waals surface area contributed by atoms with Crippen LogP contribution in [0.4, 0.5) is 0 Å². The minimum Gasteiger partial charge on any atom is -0.240 e. The summed E-state index contributed by atoms with van der Waals surface area (Å²) in [5.41, 5.74) is 1.05. The van der Waals surface area contributed by atoms with E-state index in [0.29, 0.717) is 11.1 Å². The highest BCUT2D eigenvalue weighted by Crippen LogP contribution is 2.19. The Labute approximate surface area is 90.9 Å². The molecule has 0 aliphatic rings. The van der Waals surface area contributed by atoms with Crippen molar-refractivity contribution >= 4 is 34.2 Å². The smallest absolute Gasteiger partial charge is 0.146 e. The van der Waals surface area contributed by atoms with Gasteiger partial charge in [-0.3, -0.25) is 0 Å². The van der Waals surface area contributed by atoms with Crippen molar-refractivity contribution in [3.63, 3.8) is 0 Å². The van der Waals surface area contributed by atoms with Gasteiger partial charge in [-0.1, -0.05) is 25.4 Å². The molecule has 0 spiro atoms. The molecule has 0 bridgehead atoms. The number of halogens is 2. The fourth-order valence-corrected chi connectivity index (χ4v) is 1.56. The molecule has 0 aliphatic carbocycles. The van der Waals surface area contributed by atoms with E-state index in [-0.39, 0.29) is 0 Å². The average Bonchev–Trinajstić information content (AvgIpc) is 1.98. The molecule has 0 atom stereocenters. The highest BCUT2D eigenvalue weighted by molar-refractivity contribution is 14.1. The molecule has 0 N–H and O–H groups in total. The van der Waals surface area contributed by atoms with E-state index in [2.05, 4.69) is 46.4 Å².